The number of para-hydroxylation sites is 2. The fourth-order valence-electron chi connectivity index (χ4n) is 2.84. The first kappa shape index (κ1) is 13.6. The van der Waals surface area contributed by atoms with Crippen LogP contribution in [0.15, 0.2) is 30.6 Å². The summed E-state index contributed by atoms with van der Waals surface area (Å²) >= 11 is 0. The minimum atomic E-state index is 0.577. The van der Waals surface area contributed by atoms with Gasteiger partial charge < -0.3 is 9.88 Å². The Morgan fingerprint density at radius 2 is 2.20 bits per heavy atom. The fraction of sp³-hybridized carbons (Fsp3) is 0.588. The van der Waals surface area contributed by atoms with Gasteiger partial charge in [-0.25, -0.2) is 4.98 Å². The molecule has 1 atom stereocenters. The summed E-state index contributed by atoms with van der Waals surface area (Å²) in [5, 5.41) is 3.71. The predicted octanol–water partition coefficient (Wildman–Crippen LogP) is 3.59. The van der Waals surface area contributed by atoms with Crippen LogP contribution in [-0.4, -0.2) is 22.1 Å². The highest BCUT2D eigenvalue weighted by Crippen LogP contribution is 2.34. The van der Waals surface area contributed by atoms with Crippen LogP contribution in [0.3, 0.4) is 0 Å². The first-order valence-corrected chi connectivity index (χ1v) is 8.00. The summed E-state index contributed by atoms with van der Waals surface area (Å²) in [6.45, 7) is 4.38. The molecule has 1 aromatic carbocycles. The average Bonchev–Trinajstić information content (AvgIpc) is 3.23. The molecule has 0 radical (unpaired) electrons. The number of aromatic nitrogens is 2. The van der Waals surface area contributed by atoms with Gasteiger partial charge in [-0.05, 0) is 43.9 Å². The first-order chi connectivity index (χ1) is 9.86. The molecule has 3 nitrogen and oxygen atoms in total. The van der Waals surface area contributed by atoms with Gasteiger partial charge in [0.15, 0.2) is 0 Å². The topological polar surface area (TPSA) is 29.9 Å². The molecule has 1 aliphatic carbocycles. The maximum Gasteiger partial charge on any atom is 0.0958 e. The van der Waals surface area contributed by atoms with Crippen molar-refractivity contribution < 1.29 is 0 Å². The second-order valence-electron chi connectivity index (χ2n) is 6.06. The van der Waals surface area contributed by atoms with Gasteiger partial charge >= 0.3 is 0 Å². The number of benzene rings is 1. The van der Waals surface area contributed by atoms with Crippen LogP contribution in [0, 0.1) is 5.92 Å². The third kappa shape index (κ3) is 3.40. The number of nitrogens with one attached hydrogen (secondary N) is 1. The quantitative estimate of drug-likeness (QED) is 0.795. The Morgan fingerprint density at radius 1 is 1.35 bits per heavy atom. The summed E-state index contributed by atoms with van der Waals surface area (Å²) in [5.74, 6) is 1.01. The molecule has 20 heavy (non-hydrogen) atoms. The summed E-state index contributed by atoms with van der Waals surface area (Å²) in [6, 6.07) is 8.98. The van der Waals surface area contributed by atoms with Crippen molar-refractivity contribution in [3.63, 3.8) is 0 Å². The monoisotopic (exact) mass is 271 g/mol. The zero-order valence-corrected chi connectivity index (χ0v) is 12.4. The molecule has 0 spiro atoms. The maximum absolute atomic E-state index is 4.49. The van der Waals surface area contributed by atoms with Crippen molar-refractivity contribution in [2.24, 2.45) is 5.92 Å². The lowest BCUT2D eigenvalue weighted by atomic mass is 10.1. The van der Waals surface area contributed by atoms with Crippen LogP contribution in [-0.2, 0) is 6.54 Å². The summed E-state index contributed by atoms with van der Waals surface area (Å²) in [4.78, 5) is 4.49. The minimum Gasteiger partial charge on any atom is -0.329 e. The lowest BCUT2D eigenvalue weighted by molar-refractivity contribution is 0.409. The average molecular weight is 271 g/mol. The molecule has 1 fully saturated rings. The molecule has 0 saturated heterocycles. The van der Waals surface area contributed by atoms with Gasteiger partial charge in [0.05, 0.1) is 17.4 Å². The number of hydrogen-bond acceptors (Lipinski definition) is 2. The number of imidazole rings is 1. The molecule has 1 unspecified atom stereocenters. The Bertz CT molecular complexity index is 542. The molecule has 0 aliphatic heterocycles. The summed E-state index contributed by atoms with van der Waals surface area (Å²) < 4.78 is 2.30. The van der Waals surface area contributed by atoms with Crippen LogP contribution in [0.2, 0.25) is 0 Å². The van der Waals surface area contributed by atoms with Crippen LogP contribution in [0.1, 0.15) is 39.0 Å². The molecular weight excluding hydrogens is 246 g/mol. The lowest BCUT2D eigenvalue weighted by Crippen LogP contribution is -2.33. The summed E-state index contributed by atoms with van der Waals surface area (Å²) in [6.07, 6.45) is 8.77. The highest BCUT2D eigenvalue weighted by atomic mass is 15.1. The van der Waals surface area contributed by atoms with E-state index in [-0.39, 0.29) is 0 Å². The van der Waals surface area contributed by atoms with Crippen LogP contribution >= 0.6 is 0 Å². The molecule has 1 aromatic heterocycles. The molecule has 3 heteroatoms. The van der Waals surface area contributed by atoms with E-state index in [9.17, 15) is 0 Å². The van der Waals surface area contributed by atoms with Gasteiger partial charge in [0, 0.05) is 12.6 Å². The molecule has 2 aromatic rings. The van der Waals surface area contributed by atoms with E-state index in [0.29, 0.717) is 6.04 Å². The van der Waals surface area contributed by atoms with Crippen molar-refractivity contribution in [2.75, 3.05) is 6.54 Å². The van der Waals surface area contributed by atoms with E-state index in [1.165, 1.54) is 37.6 Å². The molecule has 1 saturated carbocycles. The fourth-order valence-corrected chi connectivity index (χ4v) is 2.84. The molecule has 1 heterocycles. The van der Waals surface area contributed by atoms with E-state index in [4.69, 9.17) is 0 Å². The largest absolute Gasteiger partial charge is 0.329 e. The van der Waals surface area contributed by atoms with Gasteiger partial charge in [0.2, 0.25) is 0 Å². The summed E-state index contributed by atoms with van der Waals surface area (Å²) in [7, 11) is 0. The highest BCUT2D eigenvalue weighted by molar-refractivity contribution is 5.74. The molecule has 1 aliphatic rings. The number of rotatable bonds is 8. The predicted molar refractivity (Wildman–Crippen MR) is 83.8 cm³/mol. The van der Waals surface area contributed by atoms with E-state index >= 15 is 0 Å². The van der Waals surface area contributed by atoms with Crippen molar-refractivity contribution in [1.29, 1.82) is 0 Å². The Hall–Kier alpha value is -1.35. The van der Waals surface area contributed by atoms with Gasteiger partial charge in [0.1, 0.15) is 0 Å². The van der Waals surface area contributed by atoms with E-state index in [2.05, 4.69) is 46.1 Å². The van der Waals surface area contributed by atoms with E-state index in [1.807, 2.05) is 6.33 Å². The van der Waals surface area contributed by atoms with E-state index < -0.39 is 0 Å². The van der Waals surface area contributed by atoms with Gasteiger partial charge in [-0.15, -0.1) is 0 Å². The van der Waals surface area contributed by atoms with Gasteiger partial charge in [0.25, 0.3) is 0 Å². The second-order valence-corrected chi connectivity index (χ2v) is 6.06. The van der Waals surface area contributed by atoms with Crippen molar-refractivity contribution in [1.82, 2.24) is 14.9 Å². The highest BCUT2D eigenvalue weighted by Gasteiger charge is 2.22. The molecule has 1 N–H and O–H groups in total. The van der Waals surface area contributed by atoms with Gasteiger partial charge in [-0.3, -0.25) is 0 Å². The third-order valence-electron chi connectivity index (χ3n) is 4.25. The Labute approximate surface area is 121 Å². The normalized spacial score (nSPS) is 16.6. The van der Waals surface area contributed by atoms with Crippen molar-refractivity contribution in [2.45, 2.75) is 51.6 Å². The second kappa shape index (κ2) is 6.40. The van der Waals surface area contributed by atoms with E-state index in [0.717, 1.165) is 24.5 Å². The van der Waals surface area contributed by atoms with Crippen LogP contribution in [0.25, 0.3) is 11.0 Å². The van der Waals surface area contributed by atoms with Crippen molar-refractivity contribution >= 4 is 11.0 Å². The smallest absolute Gasteiger partial charge is 0.0958 e. The van der Waals surface area contributed by atoms with Crippen LogP contribution in [0.5, 0.6) is 0 Å². The Morgan fingerprint density at radius 3 is 3.00 bits per heavy atom. The first-order valence-electron chi connectivity index (χ1n) is 8.00. The maximum atomic E-state index is 4.49. The molecule has 0 amide bonds. The zero-order valence-electron chi connectivity index (χ0n) is 12.4. The molecule has 0 bridgehead atoms. The van der Waals surface area contributed by atoms with Crippen molar-refractivity contribution in [3.8, 4) is 0 Å². The number of nitrogens with zero attached hydrogens (tertiary/aromatic N) is 2. The standard InChI is InChI=1S/C17H25N3/c1-2-11-18-15(10-9-14-7-8-14)12-20-13-19-16-5-3-4-6-17(16)20/h3-6,13-15,18H,2,7-12H2,1H3. The van der Waals surface area contributed by atoms with Crippen LogP contribution in [0.4, 0.5) is 0 Å². The van der Waals surface area contributed by atoms with Crippen molar-refractivity contribution in [3.05, 3.63) is 30.6 Å². The van der Waals surface area contributed by atoms with Gasteiger partial charge in [-0.2, -0.15) is 0 Å². The Balaban J connectivity index is 1.66. The van der Waals surface area contributed by atoms with E-state index in [1.54, 1.807) is 0 Å². The number of hydrogen-bond donors (Lipinski definition) is 1. The Kier molecular flexibility index (Phi) is 4.36. The number of fused-ring (bicyclic) bond motifs is 1. The minimum absolute atomic E-state index is 0.577. The molecule has 3 rings (SSSR count). The SMILES string of the molecule is CCCNC(CCC1CC1)Cn1cnc2ccccc21. The summed E-state index contributed by atoms with van der Waals surface area (Å²) in [5.41, 5.74) is 2.35. The van der Waals surface area contributed by atoms with Gasteiger partial charge in [-0.1, -0.05) is 31.9 Å². The third-order valence-corrected chi connectivity index (χ3v) is 4.25. The molecule has 108 valence electrons. The molecular formula is C17H25N3. The zero-order chi connectivity index (χ0) is 13.8. The lowest BCUT2D eigenvalue weighted by Gasteiger charge is -2.19. The van der Waals surface area contributed by atoms with Crippen LogP contribution < -0.4 is 5.32 Å².